The third kappa shape index (κ3) is 3.65. The van der Waals surface area contributed by atoms with Gasteiger partial charge in [-0.3, -0.25) is 0 Å². The lowest BCUT2D eigenvalue weighted by molar-refractivity contribution is 0.669. The van der Waals surface area contributed by atoms with Gasteiger partial charge in [0.1, 0.15) is 11.2 Å². The lowest BCUT2D eigenvalue weighted by Crippen LogP contribution is -1.91. The summed E-state index contributed by atoms with van der Waals surface area (Å²) in [7, 11) is 0. The van der Waals surface area contributed by atoms with Gasteiger partial charge in [-0.1, -0.05) is 139 Å². The molecule has 0 radical (unpaired) electrons. The standard InChI is InChI=1S/C42H26O/c1-2-13-28(14-3-1)39-33-18-6-8-20-35(33)40(36-21-9-7-19-34(36)39)30-16-10-15-29(26-30)32-22-11-23-37-42(32)41-31-17-5-4-12-27(31)24-25-38(41)43-37/h1-26H/i6D,7D,8D,9D,18D,19D,20D,21D. The summed E-state index contributed by atoms with van der Waals surface area (Å²) in [6.45, 7) is 0. The Morgan fingerprint density at radius 1 is 0.419 bits per heavy atom. The normalized spacial score (nSPS) is 14.3. The lowest BCUT2D eigenvalue weighted by Gasteiger charge is -2.18. The van der Waals surface area contributed by atoms with Crippen LogP contribution in [0.15, 0.2) is 162 Å². The van der Waals surface area contributed by atoms with Crippen molar-refractivity contribution in [2.45, 2.75) is 0 Å². The molecule has 1 heteroatoms. The molecule has 1 aromatic heterocycles. The van der Waals surface area contributed by atoms with Crippen LogP contribution in [0.2, 0.25) is 0 Å². The van der Waals surface area contributed by atoms with Crippen molar-refractivity contribution in [3.05, 3.63) is 158 Å². The van der Waals surface area contributed by atoms with Crippen LogP contribution in [0.3, 0.4) is 0 Å². The molecule has 1 nitrogen and oxygen atoms in total. The summed E-state index contributed by atoms with van der Waals surface area (Å²) in [6.07, 6.45) is 0. The summed E-state index contributed by atoms with van der Waals surface area (Å²) in [4.78, 5) is 0. The molecule has 1 heterocycles. The summed E-state index contributed by atoms with van der Waals surface area (Å²) in [5.41, 5.74) is 4.95. The van der Waals surface area contributed by atoms with Crippen LogP contribution in [0.4, 0.5) is 0 Å². The molecule has 0 amide bonds. The molecule has 43 heavy (non-hydrogen) atoms. The number of hydrogen-bond acceptors (Lipinski definition) is 1. The van der Waals surface area contributed by atoms with Gasteiger partial charge in [0.05, 0.1) is 11.0 Å². The zero-order valence-corrected chi connectivity index (χ0v) is 22.8. The second-order valence-corrected chi connectivity index (χ2v) is 10.6. The summed E-state index contributed by atoms with van der Waals surface area (Å²) in [5, 5.41) is 4.81. The summed E-state index contributed by atoms with van der Waals surface area (Å²) in [5.74, 6) is 0. The minimum Gasteiger partial charge on any atom is -0.456 e. The van der Waals surface area contributed by atoms with Gasteiger partial charge in [0.2, 0.25) is 0 Å². The maximum Gasteiger partial charge on any atom is 0.136 e. The smallest absolute Gasteiger partial charge is 0.136 e. The van der Waals surface area contributed by atoms with E-state index in [1.54, 1.807) is 24.3 Å². The molecule has 9 aromatic rings. The van der Waals surface area contributed by atoms with Crippen LogP contribution in [0.5, 0.6) is 0 Å². The quantitative estimate of drug-likeness (QED) is 0.198. The zero-order chi connectivity index (χ0) is 35.3. The fourth-order valence-electron chi connectivity index (χ4n) is 6.48. The van der Waals surface area contributed by atoms with E-state index in [0.29, 0.717) is 22.3 Å². The van der Waals surface area contributed by atoms with Gasteiger partial charge in [-0.15, -0.1) is 0 Å². The van der Waals surface area contributed by atoms with Crippen molar-refractivity contribution in [2.24, 2.45) is 0 Å². The monoisotopic (exact) mass is 554 g/mol. The van der Waals surface area contributed by atoms with Crippen molar-refractivity contribution in [1.29, 1.82) is 0 Å². The van der Waals surface area contributed by atoms with Crippen LogP contribution in [0, 0.1) is 0 Å². The molecule has 0 saturated carbocycles. The molecule has 0 spiro atoms. The maximum atomic E-state index is 9.25. The average molecular weight is 555 g/mol. The van der Waals surface area contributed by atoms with Crippen molar-refractivity contribution in [1.82, 2.24) is 0 Å². The Morgan fingerprint density at radius 2 is 1.00 bits per heavy atom. The molecule has 0 aliphatic heterocycles. The Hall–Kier alpha value is -5.66. The molecular formula is C42H26O. The van der Waals surface area contributed by atoms with Crippen molar-refractivity contribution < 1.29 is 15.4 Å². The highest BCUT2D eigenvalue weighted by atomic mass is 16.3. The second kappa shape index (κ2) is 9.44. The molecule has 8 aromatic carbocycles. The van der Waals surface area contributed by atoms with E-state index in [9.17, 15) is 2.74 Å². The average Bonchev–Trinajstić information content (AvgIpc) is 3.56. The van der Waals surface area contributed by atoms with Gasteiger partial charge in [-0.05, 0) is 83.9 Å². The molecule has 0 aliphatic carbocycles. The van der Waals surface area contributed by atoms with Crippen LogP contribution in [-0.2, 0) is 0 Å². The SMILES string of the molecule is [2H]c1c([2H])c([2H])c2c(-c3cccc(-c4cccc5oc6ccc7ccccc7c6c45)c3)c3c([2H])c([2H])c([2H])c([2H])c3c(-c3ccccc3)c2c1[2H]. The highest BCUT2D eigenvalue weighted by molar-refractivity contribution is 6.24. The zero-order valence-electron chi connectivity index (χ0n) is 30.8. The topological polar surface area (TPSA) is 13.1 Å². The summed E-state index contributed by atoms with van der Waals surface area (Å²) < 4.78 is 77.9. The number of benzene rings is 8. The van der Waals surface area contributed by atoms with E-state index < -0.39 is 24.2 Å². The van der Waals surface area contributed by atoms with Gasteiger partial charge in [-0.2, -0.15) is 0 Å². The molecule has 0 fully saturated rings. The van der Waals surface area contributed by atoms with Crippen LogP contribution in [0.25, 0.3) is 87.6 Å². The first-order chi connectivity index (χ1) is 24.7. The van der Waals surface area contributed by atoms with Gasteiger partial charge in [0.25, 0.3) is 0 Å². The van der Waals surface area contributed by atoms with E-state index in [2.05, 4.69) is 12.1 Å². The Balaban J connectivity index is 1.46. The largest absolute Gasteiger partial charge is 0.456 e. The van der Waals surface area contributed by atoms with E-state index in [-0.39, 0.29) is 45.7 Å². The third-order valence-corrected chi connectivity index (χ3v) is 8.29. The van der Waals surface area contributed by atoms with E-state index in [0.717, 1.165) is 43.8 Å². The number of rotatable bonds is 3. The summed E-state index contributed by atoms with van der Waals surface area (Å²) in [6, 6.07) is 31.8. The molecule has 0 aliphatic rings. The number of furan rings is 1. The predicted molar refractivity (Wildman–Crippen MR) is 183 cm³/mol. The number of fused-ring (bicyclic) bond motifs is 7. The molecule has 0 saturated heterocycles. The minimum absolute atomic E-state index is 0.187. The minimum atomic E-state index is -0.425. The fourth-order valence-corrected chi connectivity index (χ4v) is 6.48. The van der Waals surface area contributed by atoms with Crippen molar-refractivity contribution in [3.8, 4) is 33.4 Å². The van der Waals surface area contributed by atoms with Gasteiger partial charge in [0.15, 0.2) is 0 Å². The fraction of sp³-hybridized carbons (Fsp3) is 0. The first-order valence-electron chi connectivity index (χ1n) is 18.1. The van der Waals surface area contributed by atoms with Crippen molar-refractivity contribution in [3.63, 3.8) is 0 Å². The van der Waals surface area contributed by atoms with Crippen molar-refractivity contribution >= 4 is 54.3 Å². The molecule has 200 valence electrons. The van der Waals surface area contributed by atoms with Gasteiger partial charge in [0, 0.05) is 10.8 Å². The summed E-state index contributed by atoms with van der Waals surface area (Å²) >= 11 is 0. The Labute approximate surface area is 260 Å². The third-order valence-electron chi connectivity index (χ3n) is 8.29. The van der Waals surface area contributed by atoms with E-state index in [1.165, 1.54) is 0 Å². The van der Waals surface area contributed by atoms with Crippen LogP contribution >= 0.6 is 0 Å². The van der Waals surface area contributed by atoms with Crippen LogP contribution in [0.1, 0.15) is 11.0 Å². The first kappa shape index (κ1) is 17.3. The van der Waals surface area contributed by atoms with E-state index in [1.807, 2.05) is 72.8 Å². The first-order valence-corrected chi connectivity index (χ1v) is 14.1. The molecule has 9 rings (SSSR count). The number of hydrogen-bond donors (Lipinski definition) is 0. The molecule has 0 N–H and O–H groups in total. The highest BCUT2D eigenvalue weighted by Gasteiger charge is 2.18. The van der Waals surface area contributed by atoms with Crippen LogP contribution in [-0.4, -0.2) is 0 Å². The van der Waals surface area contributed by atoms with E-state index in [4.69, 9.17) is 12.6 Å². The maximum absolute atomic E-state index is 9.25. The molecule has 0 atom stereocenters. The Morgan fingerprint density at radius 3 is 1.74 bits per heavy atom. The van der Waals surface area contributed by atoms with Gasteiger partial charge >= 0.3 is 0 Å². The molecular weight excluding hydrogens is 520 g/mol. The predicted octanol–water partition coefficient (Wildman–Crippen LogP) is 12.0. The Kier molecular flexibility index (Phi) is 3.80. The molecule has 0 bridgehead atoms. The second-order valence-electron chi connectivity index (χ2n) is 10.6. The van der Waals surface area contributed by atoms with Gasteiger partial charge in [-0.25, -0.2) is 0 Å². The Bertz CT molecular complexity index is 2870. The van der Waals surface area contributed by atoms with E-state index >= 15 is 0 Å². The molecule has 0 unspecified atom stereocenters. The van der Waals surface area contributed by atoms with Gasteiger partial charge < -0.3 is 4.42 Å². The van der Waals surface area contributed by atoms with Crippen LogP contribution < -0.4 is 0 Å². The highest BCUT2D eigenvalue weighted by Crippen LogP contribution is 2.45. The van der Waals surface area contributed by atoms with Crippen molar-refractivity contribution in [2.75, 3.05) is 0 Å². The lowest BCUT2D eigenvalue weighted by atomic mass is 9.85.